The molecule has 1 fully saturated rings. The van der Waals surface area contributed by atoms with Crippen molar-refractivity contribution in [2.75, 3.05) is 19.8 Å². The van der Waals surface area contributed by atoms with Gasteiger partial charge in [-0.25, -0.2) is 4.98 Å². The minimum absolute atomic E-state index is 0.111. The summed E-state index contributed by atoms with van der Waals surface area (Å²) in [5.41, 5.74) is 0.542. The molecule has 1 atom stereocenters. The zero-order valence-corrected chi connectivity index (χ0v) is 13.7. The van der Waals surface area contributed by atoms with Crippen LogP contribution in [0.1, 0.15) is 28.1 Å². The third kappa shape index (κ3) is 4.77. The highest BCUT2D eigenvalue weighted by molar-refractivity contribution is 7.09. The van der Waals surface area contributed by atoms with Gasteiger partial charge in [0.25, 0.3) is 5.91 Å². The maximum atomic E-state index is 12.0. The number of ether oxygens (including phenoxy) is 2. The first-order valence-corrected chi connectivity index (χ1v) is 8.70. The number of hydrogen-bond acceptors (Lipinski definition) is 5. The number of carbonyl (C=O) groups excluding carboxylic acids is 1. The van der Waals surface area contributed by atoms with Crippen LogP contribution in [0.5, 0.6) is 5.88 Å². The van der Waals surface area contributed by atoms with Crippen LogP contribution in [-0.4, -0.2) is 36.8 Å². The van der Waals surface area contributed by atoms with Gasteiger partial charge in [0.15, 0.2) is 0 Å². The number of rotatable bonds is 7. The SMILES string of the molecule is O=C(NCCc1cccs1)c1ccc(OC[C@@H]2CCCO2)nc1. The molecule has 0 unspecified atom stereocenters. The molecule has 5 nitrogen and oxygen atoms in total. The maximum Gasteiger partial charge on any atom is 0.252 e. The van der Waals surface area contributed by atoms with E-state index in [0.717, 1.165) is 25.9 Å². The van der Waals surface area contributed by atoms with Crippen molar-refractivity contribution in [2.45, 2.75) is 25.4 Å². The van der Waals surface area contributed by atoms with Crippen LogP contribution in [0, 0.1) is 0 Å². The molecular weight excluding hydrogens is 312 g/mol. The van der Waals surface area contributed by atoms with Crippen LogP contribution in [0.4, 0.5) is 0 Å². The van der Waals surface area contributed by atoms with Crippen molar-refractivity contribution >= 4 is 17.2 Å². The zero-order valence-electron chi connectivity index (χ0n) is 12.9. The van der Waals surface area contributed by atoms with Crippen LogP contribution >= 0.6 is 11.3 Å². The van der Waals surface area contributed by atoms with Crippen LogP contribution in [0.2, 0.25) is 0 Å². The second kappa shape index (κ2) is 8.08. The molecule has 2 aromatic rings. The molecule has 0 aromatic carbocycles. The lowest BCUT2D eigenvalue weighted by Crippen LogP contribution is -2.25. The Kier molecular flexibility index (Phi) is 5.60. The number of hydrogen-bond donors (Lipinski definition) is 1. The summed E-state index contributed by atoms with van der Waals surface area (Å²) in [5, 5.41) is 4.94. The molecule has 0 saturated carbocycles. The Morgan fingerprint density at radius 1 is 1.43 bits per heavy atom. The van der Waals surface area contributed by atoms with Crippen molar-refractivity contribution in [3.63, 3.8) is 0 Å². The van der Waals surface area contributed by atoms with Gasteiger partial charge in [-0.2, -0.15) is 0 Å². The first-order valence-electron chi connectivity index (χ1n) is 7.82. The highest BCUT2D eigenvalue weighted by atomic mass is 32.1. The molecule has 3 rings (SSSR count). The minimum atomic E-state index is -0.111. The molecule has 0 aliphatic carbocycles. The number of aromatic nitrogens is 1. The Balaban J connectivity index is 1.43. The zero-order chi connectivity index (χ0) is 15.9. The lowest BCUT2D eigenvalue weighted by molar-refractivity contribution is 0.0663. The Bertz CT molecular complexity index is 607. The number of nitrogens with one attached hydrogen (secondary N) is 1. The van der Waals surface area contributed by atoms with Gasteiger partial charge in [0.05, 0.1) is 11.7 Å². The lowest BCUT2D eigenvalue weighted by atomic mass is 10.2. The third-order valence-corrected chi connectivity index (χ3v) is 4.61. The second-order valence-corrected chi connectivity index (χ2v) is 6.45. The molecule has 1 saturated heterocycles. The molecule has 1 amide bonds. The number of pyridine rings is 1. The summed E-state index contributed by atoms with van der Waals surface area (Å²) in [6.45, 7) is 1.95. The molecule has 0 spiro atoms. The summed E-state index contributed by atoms with van der Waals surface area (Å²) in [6, 6.07) is 7.54. The van der Waals surface area contributed by atoms with Crippen molar-refractivity contribution < 1.29 is 14.3 Å². The van der Waals surface area contributed by atoms with Crippen LogP contribution < -0.4 is 10.1 Å². The molecule has 1 N–H and O–H groups in total. The summed E-state index contributed by atoms with van der Waals surface area (Å²) in [7, 11) is 0. The normalized spacial score (nSPS) is 17.1. The fourth-order valence-electron chi connectivity index (χ4n) is 2.41. The minimum Gasteiger partial charge on any atom is -0.475 e. The summed E-state index contributed by atoms with van der Waals surface area (Å²) in [4.78, 5) is 17.5. The lowest BCUT2D eigenvalue weighted by Gasteiger charge is -2.11. The van der Waals surface area contributed by atoms with E-state index in [-0.39, 0.29) is 12.0 Å². The Morgan fingerprint density at radius 3 is 3.09 bits per heavy atom. The monoisotopic (exact) mass is 332 g/mol. The quantitative estimate of drug-likeness (QED) is 0.847. The van der Waals surface area contributed by atoms with Crippen molar-refractivity contribution in [3.8, 4) is 5.88 Å². The van der Waals surface area contributed by atoms with Gasteiger partial charge < -0.3 is 14.8 Å². The maximum absolute atomic E-state index is 12.0. The average molecular weight is 332 g/mol. The van der Waals surface area contributed by atoms with E-state index in [1.807, 2.05) is 11.4 Å². The standard InChI is InChI=1S/C17H20N2O3S/c20-17(18-8-7-15-4-2-10-23-15)13-5-6-16(19-11-13)22-12-14-3-1-9-21-14/h2,4-6,10-11,14H,1,3,7-9,12H2,(H,18,20)/t14-/m0/s1. The molecule has 1 aliphatic rings. The van der Waals surface area contributed by atoms with Crippen molar-refractivity contribution in [1.82, 2.24) is 10.3 Å². The first-order chi connectivity index (χ1) is 11.3. The van der Waals surface area contributed by atoms with Crippen LogP contribution in [0.25, 0.3) is 0 Å². The predicted octanol–water partition coefficient (Wildman–Crippen LogP) is 2.67. The molecule has 23 heavy (non-hydrogen) atoms. The van der Waals surface area contributed by atoms with E-state index in [4.69, 9.17) is 9.47 Å². The van der Waals surface area contributed by atoms with Gasteiger partial charge in [0.1, 0.15) is 6.61 Å². The van der Waals surface area contributed by atoms with E-state index in [1.54, 1.807) is 29.7 Å². The number of thiophene rings is 1. The second-order valence-electron chi connectivity index (χ2n) is 5.42. The topological polar surface area (TPSA) is 60.5 Å². The Hall–Kier alpha value is -1.92. The Morgan fingerprint density at radius 2 is 2.39 bits per heavy atom. The average Bonchev–Trinajstić information content (AvgIpc) is 3.27. The summed E-state index contributed by atoms with van der Waals surface area (Å²) >= 11 is 1.70. The number of nitrogens with zero attached hydrogens (tertiary/aromatic N) is 1. The summed E-state index contributed by atoms with van der Waals surface area (Å²) < 4.78 is 11.1. The van der Waals surface area contributed by atoms with E-state index in [1.165, 1.54) is 4.88 Å². The summed E-state index contributed by atoms with van der Waals surface area (Å²) in [6.07, 6.45) is 4.68. The number of amides is 1. The van der Waals surface area contributed by atoms with Crippen LogP contribution in [0.15, 0.2) is 35.8 Å². The van der Waals surface area contributed by atoms with Crippen molar-refractivity contribution in [2.24, 2.45) is 0 Å². The fraction of sp³-hybridized carbons (Fsp3) is 0.412. The van der Waals surface area contributed by atoms with Crippen molar-refractivity contribution in [3.05, 3.63) is 46.3 Å². The van der Waals surface area contributed by atoms with Crippen LogP contribution in [-0.2, 0) is 11.2 Å². The van der Waals surface area contributed by atoms with Gasteiger partial charge in [-0.1, -0.05) is 6.07 Å². The summed E-state index contributed by atoms with van der Waals surface area (Å²) in [5.74, 6) is 0.412. The van der Waals surface area contributed by atoms with E-state index in [2.05, 4.69) is 16.4 Å². The third-order valence-electron chi connectivity index (χ3n) is 3.68. The van der Waals surface area contributed by atoms with Gasteiger partial charge >= 0.3 is 0 Å². The van der Waals surface area contributed by atoms with Gasteiger partial charge in [0.2, 0.25) is 5.88 Å². The van der Waals surface area contributed by atoms with Crippen molar-refractivity contribution in [1.29, 1.82) is 0 Å². The fourth-order valence-corrected chi connectivity index (χ4v) is 3.12. The first kappa shape index (κ1) is 16.0. The highest BCUT2D eigenvalue weighted by Gasteiger charge is 2.16. The molecule has 3 heterocycles. The number of carbonyl (C=O) groups is 1. The van der Waals surface area contributed by atoms with Gasteiger partial charge in [-0.15, -0.1) is 11.3 Å². The van der Waals surface area contributed by atoms with Gasteiger partial charge in [0, 0.05) is 30.3 Å². The smallest absolute Gasteiger partial charge is 0.252 e. The van der Waals surface area contributed by atoms with E-state index < -0.39 is 0 Å². The van der Waals surface area contributed by atoms with Crippen LogP contribution in [0.3, 0.4) is 0 Å². The molecule has 0 radical (unpaired) electrons. The molecule has 6 heteroatoms. The molecule has 0 bridgehead atoms. The molecule has 1 aliphatic heterocycles. The van der Waals surface area contributed by atoms with Gasteiger partial charge in [-0.3, -0.25) is 4.79 Å². The molecule has 2 aromatic heterocycles. The molecule has 122 valence electrons. The Labute approximate surface area is 139 Å². The van der Waals surface area contributed by atoms with E-state index in [9.17, 15) is 4.79 Å². The highest BCUT2D eigenvalue weighted by Crippen LogP contribution is 2.14. The van der Waals surface area contributed by atoms with E-state index in [0.29, 0.717) is 24.6 Å². The predicted molar refractivity (Wildman–Crippen MR) is 89.1 cm³/mol. The van der Waals surface area contributed by atoms with E-state index >= 15 is 0 Å². The largest absolute Gasteiger partial charge is 0.475 e. The molecular formula is C17H20N2O3S. The van der Waals surface area contributed by atoms with Gasteiger partial charge in [-0.05, 0) is 36.8 Å².